The fourth-order valence-corrected chi connectivity index (χ4v) is 2.67. The van der Waals surface area contributed by atoms with Crippen LogP contribution in [0.4, 0.5) is 0 Å². The molecule has 3 N–H and O–H groups in total. The van der Waals surface area contributed by atoms with E-state index in [1.165, 1.54) is 16.2 Å². The summed E-state index contributed by atoms with van der Waals surface area (Å²) >= 11 is 4.65. The van der Waals surface area contributed by atoms with Gasteiger partial charge in [0, 0.05) is 13.6 Å². The summed E-state index contributed by atoms with van der Waals surface area (Å²) in [6.45, 7) is 1.14. The molecule has 0 atom stereocenters. The fraction of sp³-hybridized carbons (Fsp3) is 0.455. The van der Waals surface area contributed by atoms with Crippen molar-refractivity contribution >= 4 is 39.1 Å². The van der Waals surface area contributed by atoms with E-state index in [1.54, 1.807) is 13.1 Å². The molecule has 7 heteroatoms. The summed E-state index contributed by atoms with van der Waals surface area (Å²) in [4.78, 5) is 25.5. The van der Waals surface area contributed by atoms with Gasteiger partial charge in [0.05, 0.1) is 15.2 Å². The largest absolute Gasteiger partial charge is 0.355 e. The maximum Gasteiger partial charge on any atom is 0.264 e. The maximum atomic E-state index is 11.9. The van der Waals surface area contributed by atoms with Gasteiger partial charge in [0.1, 0.15) is 0 Å². The first-order valence-electron chi connectivity index (χ1n) is 5.52. The van der Waals surface area contributed by atoms with Gasteiger partial charge in [0.15, 0.2) is 0 Å². The van der Waals surface area contributed by atoms with Crippen LogP contribution in [0.25, 0.3) is 0 Å². The number of likely N-dealkylation sites (N-methyl/N-ethyl adjacent to an activating group) is 1. The molecular weight excluding hydrogens is 318 g/mol. The molecule has 0 radical (unpaired) electrons. The summed E-state index contributed by atoms with van der Waals surface area (Å²) in [7, 11) is 1.61. The summed E-state index contributed by atoms with van der Waals surface area (Å²) < 4.78 is 0.895. The van der Waals surface area contributed by atoms with E-state index in [2.05, 4.69) is 21.2 Å². The molecule has 0 bridgehead atoms. The van der Waals surface area contributed by atoms with Crippen molar-refractivity contribution in [2.75, 3.05) is 26.7 Å². The van der Waals surface area contributed by atoms with E-state index in [1.807, 2.05) is 6.07 Å². The molecular formula is C11H16BrN3O2S. The summed E-state index contributed by atoms with van der Waals surface area (Å²) in [5.41, 5.74) is 5.32. The summed E-state index contributed by atoms with van der Waals surface area (Å²) in [5, 5.41) is 2.71. The third kappa shape index (κ3) is 4.75. The Bertz CT molecular complexity index is 422. The predicted molar refractivity (Wildman–Crippen MR) is 75.7 cm³/mol. The minimum Gasteiger partial charge on any atom is -0.355 e. The van der Waals surface area contributed by atoms with Crippen LogP contribution in [0.1, 0.15) is 16.1 Å². The Kier molecular flexibility index (Phi) is 6.31. The lowest BCUT2D eigenvalue weighted by Gasteiger charge is -2.15. The second-order valence-electron chi connectivity index (χ2n) is 3.76. The smallest absolute Gasteiger partial charge is 0.264 e. The molecule has 0 unspecified atom stereocenters. The third-order valence-electron chi connectivity index (χ3n) is 2.21. The molecule has 18 heavy (non-hydrogen) atoms. The quantitative estimate of drug-likeness (QED) is 0.764. The van der Waals surface area contributed by atoms with Crippen molar-refractivity contribution in [2.45, 2.75) is 6.42 Å². The van der Waals surface area contributed by atoms with E-state index >= 15 is 0 Å². The van der Waals surface area contributed by atoms with Crippen molar-refractivity contribution in [2.24, 2.45) is 5.73 Å². The molecule has 0 aliphatic heterocycles. The van der Waals surface area contributed by atoms with E-state index in [-0.39, 0.29) is 18.4 Å². The number of nitrogens with two attached hydrogens (primary N) is 1. The Hall–Kier alpha value is -0.920. The number of rotatable bonds is 6. The highest BCUT2D eigenvalue weighted by Crippen LogP contribution is 2.22. The van der Waals surface area contributed by atoms with Crippen LogP contribution in [0.3, 0.4) is 0 Å². The standard InChI is InChI=1S/C11H16BrN3O2S/c1-15(7-10(16)14-6-2-5-13)11(17)8-3-4-9(12)18-8/h3-4H,2,5-7,13H2,1H3,(H,14,16). The molecule has 2 amide bonds. The van der Waals surface area contributed by atoms with Crippen LogP contribution in [-0.2, 0) is 4.79 Å². The van der Waals surface area contributed by atoms with Gasteiger partial charge >= 0.3 is 0 Å². The zero-order valence-corrected chi connectivity index (χ0v) is 12.5. The number of halogens is 1. The molecule has 0 aliphatic carbocycles. The molecule has 1 aromatic heterocycles. The highest BCUT2D eigenvalue weighted by molar-refractivity contribution is 9.11. The van der Waals surface area contributed by atoms with Gasteiger partial charge in [0.2, 0.25) is 5.91 Å². The SMILES string of the molecule is CN(CC(=O)NCCCN)C(=O)c1ccc(Br)s1. The molecule has 0 saturated heterocycles. The van der Waals surface area contributed by atoms with Crippen LogP contribution < -0.4 is 11.1 Å². The predicted octanol–water partition coefficient (Wildman–Crippen LogP) is 1.05. The second kappa shape index (κ2) is 7.50. The van der Waals surface area contributed by atoms with Crippen molar-refractivity contribution in [3.05, 3.63) is 20.8 Å². The molecule has 100 valence electrons. The fourth-order valence-electron chi connectivity index (χ4n) is 1.29. The van der Waals surface area contributed by atoms with Gasteiger partial charge in [-0.15, -0.1) is 11.3 Å². The van der Waals surface area contributed by atoms with Gasteiger partial charge in [-0.05, 0) is 41.0 Å². The lowest BCUT2D eigenvalue weighted by atomic mass is 10.4. The summed E-state index contributed by atoms with van der Waals surface area (Å²) in [5.74, 6) is -0.324. The van der Waals surface area contributed by atoms with Crippen LogP contribution in [-0.4, -0.2) is 43.4 Å². The summed E-state index contributed by atoms with van der Waals surface area (Å²) in [6.07, 6.45) is 0.737. The van der Waals surface area contributed by atoms with Gasteiger partial charge in [-0.3, -0.25) is 9.59 Å². The zero-order valence-electron chi connectivity index (χ0n) is 10.1. The van der Waals surface area contributed by atoms with Gasteiger partial charge in [-0.1, -0.05) is 0 Å². The Morgan fingerprint density at radius 1 is 1.50 bits per heavy atom. The van der Waals surface area contributed by atoms with E-state index in [9.17, 15) is 9.59 Å². The topological polar surface area (TPSA) is 75.4 Å². The molecule has 0 saturated carbocycles. The Balaban J connectivity index is 2.42. The molecule has 1 heterocycles. The molecule has 0 aromatic carbocycles. The van der Waals surface area contributed by atoms with Crippen molar-refractivity contribution in [3.8, 4) is 0 Å². The van der Waals surface area contributed by atoms with Gasteiger partial charge in [-0.25, -0.2) is 0 Å². The van der Waals surface area contributed by atoms with Crippen molar-refractivity contribution in [3.63, 3.8) is 0 Å². The van der Waals surface area contributed by atoms with Crippen molar-refractivity contribution in [1.29, 1.82) is 0 Å². The third-order valence-corrected chi connectivity index (χ3v) is 3.83. The first-order chi connectivity index (χ1) is 8.54. The van der Waals surface area contributed by atoms with E-state index in [0.717, 1.165) is 10.2 Å². The second-order valence-corrected chi connectivity index (χ2v) is 6.22. The van der Waals surface area contributed by atoms with Gasteiger partial charge in [-0.2, -0.15) is 0 Å². The number of thiophene rings is 1. The molecule has 0 aliphatic rings. The monoisotopic (exact) mass is 333 g/mol. The molecule has 5 nitrogen and oxygen atoms in total. The van der Waals surface area contributed by atoms with E-state index in [4.69, 9.17) is 5.73 Å². The van der Waals surface area contributed by atoms with Crippen LogP contribution in [0.5, 0.6) is 0 Å². The van der Waals surface area contributed by atoms with Crippen molar-refractivity contribution < 1.29 is 9.59 Å². The molecule has 0 spiro atoms. The normalized spacial score (nSPS) is 10.2. The Morgan fingerprint density at radius 2 is 2.22 bits per heavy atom. The van der Waals surface area contributed by atoms with Crippen LogP contribution >= 0.6 is 27.3 Å². The lowest BCUT2D eigenvalue weighted by molar-refractivity contribution is -0.121. The first-order valence-corrected chi connectivity index (χ1v) is 7.13. The zero-order chi connectivity index (χ0) is 13.5. The van der Waals surface area contributed by atoms with Gasteiger partial charge in [0.25, 0.3) is 5.91 Å². The van der Waals surface area contributed by atoms with Crippen LogP contribution in [0, 0.1) is 0 Å². The Labute approximate surface area is 118 Å². The average molecular weight is 334 g/mol. The number of carbonyl (C=O) groups is 2. The molecule has 0 fully saturated rings. The number of carbonyl (C=O) groups excluding carboxylic acids is 2. The number of nitrogens with zero attached hydrogens (tertiary/aromatic N) is 1. The molecule has 1 aromatic rings. The van der Waals surface area contributed by atoms with E-state index in [0.29, 0.717) is 18.0 Å². The summed E-state index contributed by atoms with van der Waals surface area (Å²) in [6, 6.07) is 3.55. The first kappa shape index (κ1) is 15.1. The lowest BCUT2D eigenvalue weighted by Crippen LogP contribution is -2.38. The number of hydrogen-bond donors (Lipinski definition) is 2. The van der Waals surface area contributed by atoms with Gasteiger partial charge < -0.3 is 16.0 Å². The highest BCUT2D eigenvalue weighted by Gasteiger charge is 2.16. The van der Waals surface area contributed by atoms with Crippen LogP contribution in [0.2, 0.25) is 0 Å². The average Bonchev–Trinajstić information content (AvgIpc) is 2.75. The highest BCUT2D eigenvalue weighted by atomic mass is 79.9. The molecule has 1 rings (SSSR count). The van der Waals surface area contributed by atoms with Crippen LogP contribution in [0.15, 0.2) is 15.9 Å². The number of nitrogens with one attached hydrogen (secondary N) is 1. The number of amides is 2. The number of hydrogen-bond acceptors (Lipinski definition) is 4. The van der Waals surface area contributed by atoms with E-state index < -0.39 is 0 Å². The minimum atomic E-state index is -0.171. The maximum absolute atomic E-state index is 11.9. The van der Waals surface area contributed by atoms with Crippen molar-refractivity contribution in [1.82, 2.24) is 10.2 Å². The Morgan fingerprint density at radius 3 is 2.78 bits per heavy atom. The minimum absolute atomic E-state index is 0.0545.